The summed E-state index contributed by atoms with van der Waals surface area (Å²) < 4.78 is 11.1. The third kappa shape index (κ3) is 1.80. The monoisotopic (exact) mass is 277 g/mol. The van der Waals surface area contributed by atoms with E-state index < -0.39 is 5.54 Å². The molecule has 0 atom stereocenters. The fraction of sp³-hybridized carbons (Fsp3) is 0.385. The summed E-state index contributed by atoms with van der Waals surface area (Å²) >= 11 is 1.02. The van der Waals surface area contributed by atoms with Gasteiger partial charge in [0, 0.05) is 0 Å². The number of carbonyl (C=O) groups excluding carboxylic acids is 1. The molecule has 1 aliphatic carbocycles. The first kappa shape index (κ1) is 12.1. The number of benzene rings is 1. The van der Waals surface area contributed by atoms with Crippen LogP contribution in [0.5, 0.6) is 5.75 Å². The highest BCUT2D eigenvalue weighted by Crippen LogP contribution is 2.47. The van der Waals surface area contributed by atoms with Crippen LogP contribution in [0.1, 0.15) is 24.8 Å². The molecule has 0 bridgehead atoms. The highest BCUT2D eigenvalue weighted by Gasteiger charge is 2.39. The largest absolute Gasteiger partial charge is 0.493 e. The van der Waals surface area contributed by atoms with E-state index in [1.54, 1.807) is 12.1 Å². The van der Waals surface area contributed by atoms with Gasteiger partial charge in [-0.1, -0.05) is 11.3 Å². The first-order valence-electron chi connectivity index (χ1n) is 5.90. The number of ether oxygens (including phenoxy) is 1. The lowest BCUT2D eigenvalue weighted by Gasteiger charge is -2.37. The van der Waals surface area contributed by atoms with Crippen molar-refractivity contribution < 1.29 is 13.9 Å². The maximum atomic E-state index is 11.3. The number of hydrogen-bond donors (Lipinski definition) is 0. The Morgan fingerprint density at radius 2 is 2.26 bits per heavy atom. The van der Waals surface area contributed by atoms with Crippen molar-refractivity contribution in [1.82, 2.24) is 0 Å². The van der Waals surface area contributed by atoms with E-state index in [0.717, 1.165) is 36.2 Å². The van der Waals surface area contributed by atoms with Crippen molar-refractivity contribution in [3.05, 3.63) is 27.4 Å². The van der Waals surface area contributed by atoms with Gasteiger partial charge in [0.1, 0.15) is 0 Å². The number of isocyanates is 1. The molecular weight excluding hydrogens is 266 g/mol. The fourth-order valence-electron chi connectivity index (χ4n) is 2.43. The highest BCUT2D eigenvalue weighted by molar-refractivity contribution is 7.16. The molecule has 0 saturated heterocycles. The zero-order chi connectivity index (χ0) is 13.5. The fourth-order valence-corrected chi connectivity index (χ4v) is 3.16. The summed E-state index contributed by atoms with van der Waals surface area (Å²) in [5, 5.41) is 0. The number of methoxy groups -OCH3 is 1. The van der Waals surface area contributed by atoms with E-state index in [9.17, 15) is 9.59 Å². The third-order valence-electron chi connectivity index (χ3n) is 3.60. The Kier molecular flexibility index (Phi) is 2.77. The van der Waals surface area contributed by atoms with E-state index in [0.29, 0.717) is 16.0 Å². The second-order valence-corrected chi connectivity index (χ2v) is 5.53. The third-order valence-corrected chi connectivity index (χ3v) is 4.37. The van der Waals surface area contributed by atoms with Gasteiger partial charge in [0.2, 0.25) is 6.08 Å². The van der Waals surface area contributed by atoms with Gasteiger partial charge in [0.15, 0.2) is 11.3 Å². The zero-order valence-corrected chi connectivity index (χ0v) is 11.1. The predicted octanol–water partition coefficient (Wildman–Crippen LogP) is 2.58. The molecule has 2 aromatic rings. The molecule has 6 heteroatoms. The number of fused-ring (bicyclic) bond motifs is 1. The van der Waals surface area contributed by atoms with Gasteiger partial charge >= 0.3 is 4.94 Å². The minimum absolute atomic E-state index is 0.369. The van der Waals surface area contributed by atoms with Crippen LogP contribution in [0.4, 0.5) is 0 Å². The normalized spacial score (nSPS) is 16.7. The molecule has 1 heterocycles. The lowest BCUT2D eigenvalue weighted by molar-refractivity contribution is 0.255. The molecule has 3 rings (SSSR count). The van der Waals surface area contributed by atoms with Crippen LogP contribution >= 0.6 is 11.3 Å². The molecule has 1 fully saturated rings. The highest BCUT2D eigenvalue weighted by atomic mass is 32.1. The van der Waals surface area contributed by atoms with Crippen molar-refractivity contribution in [2.45, 2.75) is 24.8 Å². The Bertz CT molecular complexity index is 735. The first-order chi connectivity index (χ1) is 9.18. The summed E-state index contributed by atoms with van der Waals surface area (Å²) in [5.41, 5.74) is 0.824. The molecule has 1 aromatic heterocycles. The predicted molar refractivity (Wildman–Crippen MR) is 70.6 cm³/mol. The van der Waals surface area contributed by atoms with Gasteiger partial charge in [-0.2, -0.15) is 4.99 Å². The Morgan fingerprint density at radius 3 is 2.84 bits per heavy atom. The molecule has 0 radical (unpaired) electrons. The van der Waals surface area contributed by atoms with Gasteiger partial charge in [-0.05, 0) is 37.0 Å². The van der Waals surface area contributed by atoms with Crippen LogP contribution in [-0.4, -0.2) is 13.2 Å². The van der Waals surface area contributed by atoms with Crippen LogP contribution < -0.4 is 9.68 Å². The zero-order valence-electron chi connectivity index (χ0n) is 10.3. The quantitative estimate of drug-likeness (QED) is 0.638. The van der Waals surface area contributed by atoms with Crippen molar-refractivity contribution in [3.8, 4) is 5.75 Å². The van der Waals surface area contributed by atoms with Crippen molar-refractivity contribution in [3.63, 3.8) is 0 Å². The smallest absolute Gasteiger partial charge is 0.396 e. The molecule has 0 N–H and O–H groups in total. The summed E-state index contributed by atoms with van der Waals surface area (Å²) in [7, 11) is 1.52. The average Bonchev–Trinajstić information content (AvgIpc) is 2.72. The number of nitrogens with zero attached hydrogens (tertiary/aromatic N) is 1. The minimum atomic E-state index is -0.504. The Morgan fingerprint density at radius 1 is 1.47 bits per heavy atom. The van der Waals surface area contributed by atoms with Gasteiger partial charge in [0.05, 0.1) is 17.3 Å². The van der Waals surface area contributed by atoms with E-state index in [1.807, 2.05) is 6.07 Å². The minimum Gasteiger partial charge on any atom is -0.493 e. The number of aliphatic imine (C=N–C) groups is 1. The molecule has 98 valence electrons. The molecule has 1 aromatic carbocycles. The summed E-state index contributed by atoms with van der Waals surface area (Å²) in [5.74, 6) is 0.498. The van der Waals surface area contributed by atoms with Crippen molar-refractivity contribution in [1.29, 1.82) is 0 Å². The standard InChI is InChI=1S/C13H11NO4S/c1-17-9-5-8(13(14-7-15)3-2-4-13)6-10-11(9)18-12(16)19-10/h5-6H,2-4H2,1H3. The number of hydrogen-bond acceptors (Lipinski definition) is 6. The summed E-state index contributed by atoms with van der Waals surface area (Å²) in [6.45, 7) is 0. The Balaban J connectivity index is 2.24. The van der Waals surface area contributed by atoms with Gasteiger partial charge in [-0.15, -0.1) is 0 Å². The molecule has 0 amide bonds. The summed E-state index contributed by atoms with van der Waals surface area (Å²) in [6.07, 6.45) is 4.29. The van der Waals surface area contributed by atoms with Crippen LogP contribution in [0.15, 0.2) is 26.3 Å². The number of rotatable bonds is 3. The Hall–Kier alpha value is -1.91. The van der Waals surface area contributed by atoms with Gasteiger partial charge in [-0.25, -0.2) is 9.59 Å². The van der Waals surface area contributed by atoms with Gasteiger partial charge in [-0.3, -0.25) is 0 Å². The van der Waals surface area contributed by atoms with Crippen molar-refractivity contribution in [2.75, 3.05) is 7.11 Å². The topological polar surface area (TPSA) is 68.9 Å². The lowest BCUT2D eigenvalue weighted by atomic mass is 9.72. The van der Waals surface area contributed by atoms with Crippen LogP contribution in [0.25, 0.3) is 10.3 Å². The molecular formula is C13H11NO4S. The molecule has 5 nitrogen and oxygen atoms in total. The lowest BCUT2D eigenvalue weighted by Crippen LogP contribution is -2.31. The molecule has 1 aliphatic rings. The van der Waals surface area contributed by atoms with E-state index in [2.05, 4.69) is 4.99 Å². The van der Waals surface area contributed by atoms with Crippen molar-refractivity contribution >= 4 is 27.7 Å². The molecule has 0 unspecified atom stereocenters. The molecule has 19 heavy (non-hydrogen) atoms. The molecule has 0 aliphatic heterocycles. The second kappa shape index (κ2) is 4.33. The van der Waals surface area contributed by atoms with Crippen LogP contribution in [-0.2, 0) is 10.3 Å². The van der Waals surface area contributed by atoms with Crippen LogP contribution in [0.2, 0.25) is 0 Å². The molecule has 1 saturated carbocycles. The van der Waals surface area contributed by atoms with Crippen LogP contribution in [0, 0.1) is 0 Å². The summed E-state index contributed by atoms with van der Waals surface area (Å²) in [6, 6.07) is 3.64. The van der Waals surface area contributed by atoms with E-state index >= 15 is 0 Å². The maximum absolute atomic E-state index is 11.3. The average molecular weight is 277 g/mol. The molecule has 0 spiro atoms. The summed E-state index contributed by atoms with van der Waals surface area (Å²) in [4.78, 5) is 25.5. The first-order valence-corrected chi connectivity index (χ1v) is 6.71. The maximum Gasteiger partial charge on any atom is 0.396 e. The Labute approximate surface area is 112 Å². The van der Waals surface area contributed by atoms with E-state index in [4.69, 9.17) is 9.15 Å². The van der Waals surface area contributed by atoms with Crippen LogP contribution in [0.3, 0.4) is 0 Å². The van der Waals surface area contributed by atoms with Gasteiger partial charge < -0.3 is 9.15 Å². The van der Waals surface area contributed by atoms with Gasteiger partial charge in [0.25, 0.3) is 0 Å². The van der Waals surface area contributed by atoms with Crippen molar-refractivity contribution in [2.24, 2.45) is 4.99 Å². The van der Waals surface area contributed by atoms with E-state index in [1.165, 1.54) is 7.11 Å². The SMILES string of the molecule is COc1cc(C2(N=C=O)CCC2)cc2sc(=O)oc12. The van der Waals surface area contributed by atoms with E-state index in [-0.39, 0.29) is 4.94 Å². The second-order valence-electron chi connectivity index (χ2n) is 4.55.